The van der Waals surface area contributed by atoms with Crippen LogP contribution in [0.25, 0.3) is 0 Å². The van der Waals surface area contributed by atoms with Crippen molar-refractivity contribution in [2.45, 2.75) is 25.3 Å². The maximum atomic E-state index is 11.8. The van der Waals surface area contributed by atoms with Crippen LogP contribution in [-0.4, -0.2) is 49.0 Å². The third-order valence-electron chi connectivity index (χ3n) is 3.59. The number of hydrogen-bond acceptors (Lipinski definition) is 4. The fraction of sp³-hybridized carbons (Fsp3) is 0.571. The van der Waals surface area contributed by atoms with Gasteiger partial charge in [0.15, 0.2) is 0 Å². The van der Waals surface area contributed by atoms with Crippen molar-refractivity contribution < 1.29 is 4.79 Å². The summed E-state index contributed by atoms with van der Waals surface area (Å²) in [7, 11) is 3.48. The summed E-state index contributed by atoms with van der Waals surface area (Å²) in [6.07, 6.45) is 5.18. The number of carbonyl (C=O) groups is 1. The summed E-state index contributed by atoms with van der Waals surface area (Å²) < 4.78 is 0. The van der Waals surface area contributed by atoms with Crippen LogP contribution >= 0.6 is 0 Å². The van der Waals surface area contributed by atoms with Crippen molar-refractivity contribution >= 4 is 11.7 Å². The summed E-state index contributed by atoms with van der Waals surface area (Å²) in [5.41, 5.74) is 6.44. The van der Waals surface area contributed by atoms with Crippen LogP contribution in [0.3, 0.4) is 0 Å². The zero-order valence-corrected chi connectivity index (χ0v) is 11.7. The number of rotatable bonds is 3. The second-order valence-electron chi connectivity index (χ2n) is 5.18. The van der Waals surface area contributed by atoms with Crippen molar-refractivity contribution in [3.05, 3.63) is 23.9 Å². The predicted molar refractivity (Wildman–Crippen MR) is 76.3 cm³/mol. The first-order valence-corrected chi connectivity index (χ1v) is 6.78. The van der Waals surface area contributed by atoms with Gasteiger partial charge in [0.05, 0.1) is 5.56 Å². The van der Waals surface area contributed by atoms with Gasteiger partial charge in [-0.15, -0.1) is 0 Å². The maximum Gasteiger partial charge on any atom is 0.254 e. The van der Waals surface area contributed by atoms with E-state index in [1.807, 2.05) is 12.1 Å². The third-order valence-corrected chi connectivity index (χ3v) is 3.59. The molecule has 0 bridgehead atoms. The number of amides is 1. The molecule has 104 valence electrons. The normalized spacial score (nSPS) is 19.3. The number of carbonyl (C=O) groups excluding carboxylic acids is 1. The smallest absolute Gasteiger partial charge is 0.254 e. The summed E-state index contributed by atoms with van der Waals surface area (Å²) in [5.74, 6) is 0.901. The monoisotopic (exact) mass is 262 g/mol. The van der Waals surface area contributed by atoms with Gasteiger partial charge in [0.25, 0.3) is 5.91 Å². The van der Waals surface area contributed by atoms with Gasteiger partial charge in [-0.05, 0) is 31.4 Å². The van der Waals surface area contributed by atoms with Gasteiger partial charge < -0.3 is 15.5 Å². The van der Waals surface area contributed by atoms with E-state index in [0.29, 0.717) is 18.2 Å². The molecule has 0 saturated carbocycles. The molecule has 1 saturated heterocycles. The quantitative estimate of drug-likeness (QED) is 0.886. The first-order valence-electron chi connectivity index (χ1n) is 6.78. The molecule has 2 rings (SSSR count). The fourth-order valence-corrected chi connectivity index (χ4v) is 2.49. The van der Waals surface area contributed by atoms with Crippen molar-refractivity contribution in [3.63, 3.8) is 0 Å². The van der Waals surface area contributed by atoms with Crippen LogP contribution in [0.1, 0.15) is 29.6 Å². The molecular formula is C14H22N4O. The lowest BCUT2D eigenvalue weighted by Gasteiger charge is -2.36. The summed E-state index contributed by atoms with van der Waals surface area (Å²) in [4.78, 5) is 20.0. The highest BCUT2D eigenvalue weighted by molar-refractivity contribution is 5.93. The molecule has 1 aliphatic heterocycles. The van der Waals surface area contributed by atoms with Gasteiger partial charge in [0, 0.05) is 39.4 Å². The lowest BCUT2D eigenvalue weighted by Crippen LogP contribution is -2.44. The molecule has 5 nitrogen and oxygen atoms in total. The molecule has 2 heterocycles. The summed E-state index contributed by atoms with van der Waals surface area (Å²) in [5, 5.41) is 0. The minimum absolute atomic E-state index is 0.0203. The SMILES string of the molecule is CN(C)C(=O)c1ccc(N2CCCCC2CN)nc1. The van der Waals surface area contributed by atoms with E-state index in [1.165, 1.54) is 12.8 Å². The number of nitrogens with two attached hydrogens (primary N) is 1. The van der Waals surface area contributed by atoms with E-state index in [0.717, 1.165) is 18.8 Å². The third kappa shape index (κ3) is 3.04. The molecular weight excluding hydrogens is 240 g/mol. The van der Waals surface area contributed by atoms with E-state index in [1.54, 1.807) is 25.2 Å². The van der Waals surface area contributed by atoms with Crippen molar-refractivity contribution in [3.8, 4) is 0 Å². The van der Waals surface area contributed by atoms with Crippen molar-refractivity contribution in [1.82, 2.24) is 9.88 Å². The molecule has 19 heavy (non-hydrogen) atoms. The van der Waals surface area contributed by atoms with E-state index in [9.17, 15) is 4.79 Å². The molecule has 5 heteroatoms. The Balaban J connectivity index is 2.15. The highest BCUT2D eigenvalue weighted by Crippen LogP contribution is 2.22. The van der Waals surface area contributed by atoms with Crippen LogP contribution in [0.5, 0.6) is 0 Å². The van der Waals surface area contributed by atoms with Gasteiger partial charge in [-0.25, -0.2) is 4.98 Å². The number of piperidine rings is 1. The topological polar surface area (TPSA) is 62.5 Å². The van der Waals surface area contributed by atoms with E-state index >= 15 is 0 Å². The molecule has 1 aromatic rings. The largest absolute Gasteiger partial charge is 0.352 e. The van der Waals surface area contributed by atoms with Crippen LogP contribution < -0.4 is 10.6 Å². The Morgan fingerprint density at radius 1 is 1.47 bits per heavy atom. The molecule has 1 aromatic heterocycles. The van der Waals surface area contributed by atoms with Crippen LogP contribution in [-0.2, 0) is 0 Å². The van der Waals surface area contributed by atoms with Crippen molar-refractivity contribution in [2.75, 3.05) is 32.1 Å². The van der Waals surface area contributed by atoms with E-state index in [-0.39, 0.29) is 5.91 Å². The molecule has 1 atom stereocenters. The minimum atomic E-state index is -0.0203. The summed E-state index contributed by atoms with van der Waals surface area (Å²) in [6, 6.07) is 4.13. The maximum absolute atomic E-state index is 11.8. The molecule has 2 N–H and O–H groups in total. The molecule has 0 aromatic carbocycles. The lowest BCUT2D eigenvalue weighted by molar-refractivity contribution is 0.0827. The predicted octanol–water partition coefficient (Wildman–Crippen LogP) is 1.10. The Bertz CT molecular complexity index is 430. The Hall–Kier alpha value is -1.62. The first kappa shape index (κ1) is 13.8. The van der Waals surface area contributed by atoms with Gasteiger partial charge in [-0.2, -0.15) is 0 Å². The zero-order valence-electron chi connectivity index (χ0n) is 11.7. The van der Waals surface area contributed by atoms with E-state index in [2.05, 4.69) is 9.88 Å². The van der Waals surface area contributed by atoms with Crippen LogP contribution in [0, 0.1) is 0 Å². The van der Waals surface area contributed by atoms with Crippen LogP contribution in [0.2, 0.25) is 0 Å². The fourth-order valence-electron chi connectivity index (χ4n) is 2.49. The molecule has 1 unspecified atom stereocenters. The number of aromatic nitrogens is 1. The standard InChI is InChI=1S/C14H22N4O/c1-17(2)14(19)11-6-7-13(16-10-11)18-8-4-3-5-12(18)9-15/h6-7,10,12H,3-5,8-9,15H2,1-2H3. The molecule has 0 aliphatic carbocycles. The van der Waals surface area contributed by atoms with E-state index in [4.69, 9.17) is 5.73 Å². The number of pyridine rings is 1. The highest BCUT2D eigenvalue weighted by atomic mass is 16.2. The number of anilines is 1. The Kier molecular flexibility index (Phi) is 4.37. The Morgan fingerprint density at radius 3 is 2.84 bits per heavy atom. The Morgan fingerprint density at radius 2 is 2.26 bits per heavy atom. The summed E-state index contributed by atoms with van der Waals surface area (Å²) >= 11 is 0. The second-order valence-corrected chi connectivity index (χ2v) is 5.18. The molecule has 0 spiro atoms. The summed E-state index contributed by atoms with van der Waals surface area (Å²) in [6.45, 7) is 1.65. The average molecular weight is 262 g/mol. The molecule has 1 fully saturated rings. The van der Waals surface area contributed by atoms with Gasteiger partial charge in [0.2, 0.25) is 0 Å². The van der Waals surface area contributed by atoms with Gasteiger partial charge >= 0.3 is 0 Å². The first-order chi connectivity index (χ1) is 9.13. The van der Waals surface area contributed by atoms with Crippen molar-refractivity contribution in [1.29, 1.82) is 0 Å². The highest BCUT2D eigenvalue weighted by Gasteiger charge is 2.22. The average Bonchev–Trinajstić information content (AvgIpc) is 2.46. The molecule has 1 amide bonds. The van der Waals surface area contributed by atoms with Crippen LogP contribution in [0.4, 0.5) is 5.82 Å². The Labute approximate surface area is 114 Å². The van der Waals surface area contributed by atoms with Gasteiger partial charge in [-0.3, -0.25) is 4.79 Å². The zero-order chi connectivity index (χ0) is 13.8. The van der Waals surface area contributed by atoms with Crippen LogP contribution in [0.15, 0.2) is 18.3 Å². The lowest BCUT2D eigenvalue weighted by atomic mass is 10.0. The number of nitrogens with zero attached hydrogens (tertiary/aromatic N) is 3. The van der Waals surface area contributed by atoms with Crippen molar-refractivity contribution in [2.24, 2.45) is 5.73 Å². The number of hydrogen-bond donors (Lipinski definition) is 1. The van der Waals surface area contributed by atoms with E-state index < -0.39 is 0 Å². The molecule has 1 aliphatic rings. The van der Waals surface area contributed by atoms with Gasteiger partial charge in [-0.1, -0.05) is 0 Å². The minimum Gasteiger partial charge on any atom is -0.352 e. The molecule has 0 radical (unpaired) electrons. The van der Waals surface area contributed by atoms with Gasteiger partial charge in [0.1, 0.15) is 5.82 Å². The second kappa shape index (κ2) is 6.02.